The highest BCUT2D eigenvalue weighted by Gasteiger charge is 2.28. The number of nitrogens with one attached hydrogen (secondary N) is 2. The van der Waals surface area contributed by atoms with E-state index in [0.29, 0.717) is 17.3 Å². The van der Waals surface area contributed by atoms with Crippen molar-refractivity contribution in [3.05, 3.63) is 47.3 Å². The van der Waals surface area contributed by atoms with Crippen molar-refractivity contribution >= 4 is 28.3 Å². The fraction of sp³-hybridized carbons (Fsp3) is 0.188. The standard InChI is InChI=1S/C16H13F2N5O/c17-10-3-4-11(19)13(18)12(10)16(24)21-8-5-9-14(7-1-2-7)22-23-15(9)20-6-8/h3-7H,1-2,19H2,(H,21,24)(H,20,22,23). The number of hydrogen-bond donors (Lipinski definition) is 3. The topological polar surface area (TPSA) is 96.7 Å². The summed E-state index contributed by atoms with van der Waals surface area (Å²) in [6, 6.07) is 3.72. The van der Waals surface area contributed by atoms with Crippen LogP contribution in [0.1, 0.15) is 34.8 Å². The number of carbonyl (C=O) groups excluding carboxylic acids is 1. The molecule has 1 aromatic carbocycles. The van der Waals surface area contributed by atoms with Crippen LogP contribution in [0.5, 0.6) is 0 Å². The molecule has 1 fully saturated rings. The molecule has 24 heavy (non-hydrogen) atoms. The van der Waals surface area contributed by atoms with Crippen LogP contribution in [0.4, 0.5) is 20.2 Å². The Bertz CT molecular complexity index is 965. The molecule has 1 aliphatic rings. The van der Waals surface area contributed by atoms with Gasteiger partial charge in [-0.25, -0.2) is 13.8 Å². The number of rotatable bonds is 3. The summed E-state index contributed by atoms with van der Waals surface area (Å²) < 4.78 is 27.7. The summed E-state index contributed by atoms with van der Waals surface area (Å²) in [7, 11) is 0. The van der Waals surface area contributed by atoms with Gasteiger partial charge < -0.3 is 11.1 Å². The average molecular weight is 329 g/mol. The van der Waals surface area contributed by atoms with Crippen molar-refractivity contribution in [3.8, 4) is 0 Å². The monoisotopic (exact) mass is 329 g/mol. The summed E-state index contributed by atoms with van der Waals surface area (Å²) in [4.78, 5) is 16.4. The van der Waals surface area contributed by atoms with Crippen molar-refractivity contribution in [1.29, 1.82) is 0 Å². The SMILES string of the molecule is Nc1ccc(F)c(C(=O)Nc2cnc3[nH]nc(C4CC4)c3c2)c1F. The van der Waals surface area contributed by atoms with Gasteiger partial charge >= 0.3 is 0 Å². The van der Waals surface area contributed by atoms with Crippen LogP contribution < -0.4 is 11.1 Å². The molecule has 0 radical (unpaired) electrons. The normalized spacial score (nSPS) is 14.1. The molecule has 0 unspecified atom stereocenters. The van der Waals surface area contributed by atoms with E-state index in [4.69, 9.17) is 5.73 Å². The van der Waals surface area contributed by atoms with Gasteiger partial charge in [0.1, 0.15) is 11.4 Å². The Morgan fingerprint density at radius 1 is 1.33 bits per heavy atom. The molecule has 1 saturated carbocycles. The Labute approximate surface area is 135 Å². The first-order chi connectivity index (χ1) is 11.5. The highest BCUT2D eigenvalue weighted by atomic mass is 19.1. The van der Waals surface area contributed by atoms with Gasteiger partial charge in [-0.05, 0) is 31.0 Å². The zero-order chi connectivity index (χ0) is 16.8. The van der Waals surface area contributed by atoms with Gasteiger partial charge in [0.2, 0.25) is 0 Å². The van der Waals surface area contributed by atoms with Gasteiger partial charge in [0, 0.05) is 11.3 Å². The van der Waals surface area contributed by atoms with Gasteiger partial charge in [-0.2, -0.15) is 5.10 Å². The van der Waals surface area contributed by atoms with Crippen LogP contribution >= 0.6 is 0 Å². The van der Waals surface area contributed by atoms with Crippen molar-refractivity contribution in [2.75, 3.05) is 11.1 Å². The smallest absolute Gasteiger partial charge is 0.261 e. The summed E-state index contributed by atoms with van der Waals surface area (Å²) in [6.07, 6.45) is 3.53. The molecule has 0 bridgehead atoms. The third-order valence-corrected chi connectivity index (χ3v) is 4.02. The predicted molar refractivity (Wildman–Crippen MR) is 84.6 cm³/mol. The van der Waals surface area contributed by atoms with Crippen molar-refractivity contribution in [2.45, 2.75) is 18.8 Å². The number of hydrogen-bond acceptors (Lipinski definition) is 4. The minimum absolute atomic E-state index is 0.291. The lowest BCUT2D eigenvalue weighted by Crippen LogP contribution is -2.17. The van der Waals surface area contributed by atoms with Crippen LogP contribution in [0.15, 0.2) is 24.4 Å². The summed E-state index contributed by atoms with van der Waals surface area (Å²) >= 11 is 0. The number of aromatic nitrogens is 3. The van der Waals surface area contributed by atoms with Crippen LogP contribution in [0.3, 0.4) is 0 Å². The van der Waals surface area contributed by atoms with E-state index in [1.165, 1.54) is 6.20 Å². The fourth-order valence-corrected chi connectivity index (χ4v) is 2.63. The lowest BCUT2D eigenvalue weighted by atomic mass is 10.1. The van der Waals surface area contributed by atoms with E-state index in [-0.39, 0.29) is 5.69 Å². The lowest BCUT2D eigenvalue weighted by molar-refractivity contribution is 0.101. The Hall–Kier alpha value is -3.03. The molecule has 1 amide bonds. The second kappa shape index (κ2) is 5.26. The van der Waals surface area contributed by atoms with Gasteiger partial charge in [-0.15, -0.1) is 0 Å². The lowest BCUT2D eigenvalue weighted by Gasteiger charge is -2.08. The molecular formula is C16H13F2N5O. The van der Waals surface area contributed by atoms with Crippen LogP contribution in [0.2, 0.25) is 0 Å². The van der Waals surface area contributed by atoms with Crippen molar-refractivity contribution in [3.63, 3.8) is 0 Å². The van der Waals surface area contributed by atoms with Crippen LogP contribution in [-0.2, 0) is 0 Å². The highest BCUT2D eigenvalue weighted by Crippen LogP contribution is 2.41. The number of H-pyrrole nitrogens is 1. The van der Waals surface area contributed by atoms with E-state index in [2.05, 4.69) is 20.5 Å². The molecule has 8 heteroatoms. The number of fused-ring (bicyclic) bond motifs is 1. The summed E-state index contributed by atoms with van der Waals surface area (Å²) in [5.74, 6) is -2.58. The molecule has 6 nitrogen and oxygen atoms in total. The number of nitrogens with zero attached hydrogens (tertiary/aromatic N) is 2. The van der Waals surface area contributed by atoms with Crippen molar-refractivity contribution in [2.24, 2.45) is 0 Å². The minimum Gasteiger partial charge on any atom is -0.396 e. The molecule has 0 atom stereocenters. The third kappa shape index (κ3) is 2.36. The number of nitrogens with two attached hydrogens (primary N) is 1. The largest absolute Gasteiger partial charge is 0.396 e. The van der Waals surface area contributed by atoms with Crippen LogP contribution in [0.25, 0.3) is 11.0 Å². The van der Waals surface area contributed by atoms with E-state index in [1.807, 2.05) is 0 Å². The number of benzene rings is 1. The van der Waals surface area contributed by atoms with Gasteiger partial charge in [0.15, 0.2) is 11.5 Å². The Morgan fingerprint density at radius 3 is 2.88 bits per heavy atom. The zero-order valence-corrected chi connectivity index (χ0v) is 12.4. The molecule has 122 valence electrons. The Kier molecular flexibility index (Phi) is 3.19. The molecular weight excluding hydrogens is 316 g/mol. The summed E-state index contributed by atoms with van der Waals surface area (Å²) in [5, 5.41) is 10.3. The molecule has 4 N–H and O–H groups in total. The first-order valence-corrected chi connectivity index (χ1v) is 7.43. The number of nitrogen functional groups attached to an aromatic ring is 1. The van der Waals surface area contributed by atoms with Crippen molar-refractivity contribution in [1.82, 2.24) is 15.2 Å². The number of aromatic amines is 1. The van der Waals surface area contributed by atoms with Crippen LogP contribution in [-0.4, -0.2) is 21.1 Å². The average Bonchev–Trinajstić information content (AvgIpc) is 3.31. The molecule has 0 saturated heterocycles. The molecule has 0 aliphatic heterocycles. The van der Waals surface area contributed by atoms with Crippen LogP contribution in [0, 0.1) is 11.6 Å². The molecule has 0 spiro atoms. The maximum absolute atomic E-state index is 13.9. The Balaban J connectivity index is 1.68. The number of halogens is 2. The van der Waals surface area contributed by atoms with E-state index in [1.54, 1.807) is 6.07 Å². The first-order valence-electron chi connectivity index (χ1n) is 7.43. The van der Waals surface area contributed by atoms with Gasteiger partial charge in [0.05, 0.1) is 23.3 Å². The third-order valence-electron chi connectivity index (χ3n) is 4.02. The van der Waals surface area contributed by atoms with E-state index in [9.17, 15) is 13.6 Å². The highest BCUT2D eigenvalue weighted by molar-refractivity contribution is 6.05. The summed E-state index contributed by atoms with van der Waals surface area (Å²) in [5.41, 5.74) is 6.22. The number of anilines is 2. The second-order valence-corrected chi connectivity index (χ2v) is 5.78. The van der Waals surface area contributed by atoms with Gasteiger partial charge in [0.25, 0.3) is 5.91 Å². The number of pyridine rings is 1. The molecule has 2 heterocycles. The minimum atomic E-state index is -1.08. The fourth-order valence-electron chi connectivity index (χ4n) is 2.63. The predicted octanol–water partition coefficient (Wildman–Crippen LogP) is 2.95. The van der Waals surface area contributed by atoms with E-state index >= 15 is 0 Å². The van der Waals surface area contributed by atoms with E-state index in [0.717, 1.165) is 36.1 Å². The van der Waals surface area contributed by atoms with Gasteiger partial charge in [-0.1, -0.05) is 0 Å². The van der Waals surface area contributed by atoms with Crippen molar-refractivity contribution < 1.29 is 13.6 Å². The number of amides is 1. The molecule has 1 aliphatic carbocycles. The summed E-state index contributed by atoms with van der Waals surface area (Å²) in [6.45, 7) is 0. The molecule has 4 rings (SSSR count). The first kappa shape index (κ1) is 14.6. The second-order valence-electron chi connectivity index (χ2n) is 5.78. The molecule has 2 aromatic heterocycles. The number of carbonyl (C=O) groups is 1. The Morgan fingerprint density at radius 2 is 2.12 bits per heavy atom. The van der Waals surface area contributed by atoms with Gasteiger partial charge in [-0.3, -0.25) is 9.89 Å². The quantitative estimate of drug-likeness (QED) is 0.644. The van der Waals surface area contributed by atoms with E-state index < -0.39 is 23.1 Å². The maximum Gasteiger partial charge on any atom is 0.261 e. The maximum atomic E-state index is 13.9. The zero-order valence-electron chi connectivity index (χ0n) is 12.4. The molecule has 3 aromatic rings.